The molecule has 4 aromatic rings. The van der Waals surface area contributed by atoms with E-state index in [1.165, 1.54) is 104 Å². The molecule has 0 amide bonds. The molecular formula is C32H36N2OS. The third kappa shape index (κ3) is 4.41. The van der Waals surface area contributed by atoms with E-state index >= 15 is 0 Å². The highest BCUT2D eigenvalue weighted by atomic mass is 32.1. The Balaban J connectivity index is 1.63. The smallest absolute Gasteiger partial charge is 0.152 e. The fourth-order valence-electron chi connectivity index (χ4n) is 6.21. The van der Waals surface area contributed by atoms with Crippen molar-refractivity contribution in [2.45, 2.75) is 83.5 Å². The summed E-state index contributed by atoms with van der Waals surface area (Å²) in [4.78, 5) is 11.6. The first kappa shape index (κ1) is 24.8. The van der Waals surface area contributed by atoms with Crippen molar-refractivity contribution < 1.29 is 4.79 Å². The van der Waals surface area contributed by atoms with Crippen LogP contribution in [0.15, 0.2) is 54.6 Å². The highest BCUT2D eigenvalue weighted by Crippen LogP contribution is 2.55. The summed E-state index contributed by atoms with van der Waals surface area (Å²) in [5, 5.41) is 0. The van der Waals surface area contributed by atoms with Gasteiger partial charge < -0.3 is 0 Å². The van der Waals surface area contributed by atoms with E-state index in [2.05, 4.69) is 65.1 Å². The Morgan fingerprint density at radius 2 is 1.39 bits per heavy atom. The normalized spacial score (nSPS) is 13.6. The molecule has 1 aliphatic rings. The summed E-state index contributed by atoms with van der Waals surface area (Å²) in [6.07, 6.45) is 13.5. The number of unbranched alkanes of at least 4 members (excludes halogenated alkanes) is 6. The van der Waals surface area contributed by atoms with E-state index in [1.807, 2.05) is 12.1 Å². The molecule has 4 heteroatoms. The third-order valence-electron chi connectivity index (χ3n) is 8.07. The number of carbonyl (C=O) groups excluding carboxylic acids is 1. The molecule has 0 bridgehead atoms. The van der Waals surface area contributed by atoms with Crippen LogP contribution in [0, 0.1) is 0 Å². The highest BCUT2D eigenvalue weighted by molar-refractivity contribution is 7.00. The van der Waals surface area contributed by atoms with Gasteiger partial charge in [0.15, 0.2) is 6.29 Å². The molecule has 0 saturated carbocycles. The molecule has 3 aromatic carbocycles. The van der Waals surface area contributed by atoms with Gasteiger partial charge in [-0.3, -0.25) is 4.79 Å². The van der Waals surface area contributed by atoms with E-state index < -0.39 is 0 Å². The number of aromatic nitrogens is 2. The number of rotatable bonds is 12. The van der Waals surface area contributed by atoms with Gasteiger partial charge in [-0.2, -0.15) is 8.75 Å². The zero-order valence-corrected chi connectivity index (χ0v) is 22.4. The summed E-state index contributed by atoms with van der Waals surface area (Å²) in [6.45, 7) is 4.58. The van der Waals surface area contributed by atoms with Gasteiger partial charge in [-0.1, -0.05) is 108 Å². The first-order valence-electron chi connectivity index (χ1n) is 13.7. The van der Waals surface area contributed by atoms with Crippen LogP contribution in [-0.2, 0) is 5.41 Å². The summed E-state index contributed by atoms with van der Waals surface area (Å²) in [5.74, 6) is 0. The maximum absolute atomic E-state index is 11.6. The molecule has 0 saturated heterocycles. The second kappa shape index (κ2) is 11.0. The van der Waals surface area contributed by atoms with Gasteiger partial charge >= 0.3 is 0 Å². The van der Waals surface area contributed by atoms with E-state index in [-0.39, 0.29) is 5.41 Å². The number of hydrogen-bond donors (Lipinski definition) is 0. The second-order valence-corrected chi connectivity index (χ2v) is 10.8. The molecule has 1 aliphatic carbocycles. The van der Waals surface area contributed by atoms with Crippen LogP contribution in [-0.4, -0.2) is 15.0 Å². The van der Waals surface area contributed by atoms with Crippen LogP contribution < -0.4 is 0 Å². The largest absolute Gasteiger partial charge is 0.298 e. The first-order chi connectivity index (χ1) is 17.7. The summed E-state index contributed by atoms with van der Waals surface area (Å²) < 4.78 is 9.01. The lowest BCUT2D eigenvalue weighted by atomic mass is 9.70. The van der Waals surface area contributed by atoms with Gasteiger partial charge in [-0.25, -0.2) is 0 Å². The van der Waals surface area contributed by atoms with Crippen LogP contribution in [0.5, 0.6) is 0 Å². The number of aldehydes is 1. The molecule has 1 aromatic heterocycles. The van der Waals surface area contributed by atoms with Crippen molar-refractivity contribution in [2.75, 3.05) is 0 Å². The minimum atomic E-state index is 0.0611. The number of benzene rings is 3. The van der Waals surface area contributed by atoms with Crippen molar-refractivity contribution >= 4 is 29.0 Å². The molecule has 0 fully saturated rings. The van der Waals surface area contributed by atoms with Gasteiger partial charge in [0.05, 0.1) is 11.7 Å². The third-order valence-corrected chi connectivity index (χ3v) is 8.60. The maximum atomic E-state index is 11.6. The van der Waals surface area contributed by atoms with E-state index in [0.29, 0.717) is 11.1 Å². The Hall–Kier alpha value is -2.85. The molecule has 0 radical (unpaired) electrons. The second-order valence-electron chi connectivity index (χ2n) is 10.3. The van der Waals surface area contributed by atoms with E-state index in [1.54, 1.807) is 0 Å². The molecule has 0 aliphatic heterocycles. The van der Waals surface area contributed by atoms with Crippen LogP contribution in [0.3, 0.4) is 0 Å². The first-order valence-corrected chi connectivity index (χ1v) is 14.4. The van der Waals surface area contributed by atoms with Crippen molar-refractivity contribution in [3.8, 4) is 22.3 Å². The molecule has 1 heterocycles. The molecule has 36 heavy (non-hydrogen) atoms. The molecule has 0 unspecified atom stereocenters. The fourth-order valence-corrected chi connectivity index (χ4v) is 6.79. The number of fused-ring (bicyclic) bond motifs is 4. The predicted octanol–water partition coefficient (Wildman–Crippen LogP) is 9.38. The van der Waals surface area contributed by atoms with Crippen LogP contribution in [0.4, 0.5) is 0 Å². The molecule has 5 rings (SSSR count). The quantitative estimate of drug-likeness (QED) is 0.145. The summed E-state index contributed by atoms with van der Waals surface area (Å²) in [7, 11) is 0. The Morgan fingerprint density at radius 3 is 2.11 bits per heavy atom. The van der Waals surface area contributed by atoms with Crippen LogP contribution in [0.1, 0.15) is 99.5 Å². The molecule has 0 atom stereocenters. The predicted molar refractivity (Wildman–Crippen MR) is 152 cm³/mol. The van der Waals surface area contributed by atoms with E-state index in [4.69, 9.17) is 0 Å². The van der Waals surface area contributed by atoms with Crippen LogP contribution in [0.2, 0.25) is 0 Å². The zero-order chi connectivity index (χ0) is 25.0. The average molecular weight is 497 g/mol. The topological polar surface area (TPSA) is 42.9 Å². The van der Waals surface area contributed by atoms with Crippen molar-refractivity contribution in [3.05, 3.63) is 71.3 Å². The van der Waals surface area contributed by atoms with Gasteiger partial charge in [0.1, 0.15) is 11.0 Å². The van der Waals surface area contributed by atoms with Gasteiger partial charge in [0.25, 0.3) is 0 Å². The van der Waals surface area contributed by atoms with Crippen LogP contribution >= 0.6 is 11.7 Å². The Bertz CT molecular complexity index is 1340. The number of carbonyl (C=O) groups is 1. The molecule has 186 valence electrons. The van der Waals surface area contributed by atoms with E-state index in [0.717, 1.165) is 17.4 Å². The van der Waals surface area contributed by atoms with Crippen molar-refractivity contribution in [2.24, 2.45) is 0 Å². The van der Waals surface area contributed by atoms with E-state index in [9.17, 15) is 4.79 Å². The minimum Gasteiger partial charge on any atom is -0.298 e. The summed E-state index contributed by atoms with van der Waals surface area (Å²) >= 11 is 1.18. The van der Waals surface area contributed by atoms with Crippen LogP contribution in [0.25, 0.3) is 33.3 Å². The lowest BCUT2D eigenvalue weighted by molar-refractivity contribution is 0.112. The van der Waals surface area contributed by atoms with Gasteiger partial charge in [0, 0.05) is 16.5 Å². The van der Waals surface area contributed by atoms with Gasteiger partial charge in [0.2, 0.25) is 0 Å². The van der Waals surface area contributed by atoms with Crippen molar-refractivity contribution in [3.63, 3.8) is 0 Å². The number of nitrogens with zero attached hydrogens (tertiary/aromatic N) is 2. The Kier molecular flexibility index (Phi) is 7.62. The Labute approximate surface area is 219 Å². The SMILES string of the molecule is CCCCCCC1(CCCCCC)c2ccccc2-c2ccc(-c3ccc(C=O)c4nsnc34)cc21. The standard InChI is InChI=1S/C32H36N2OS/c1-3-5-7-11-19-32(20-12-8-6-4-2)28-14-10-9-13-26(28)27-18-15-23(21-29(27)32)25-17-16-24(22-35)30-31(25)34-36-33-30/h9-10,13-18,21-22H,3-8,11-12,19-20H2,1-2H3. The lowest BCUT2D eigenvalue weighted by Crippen LogP contribution is -2.25. The Morgan fingerprint density at radius 1 is 0.722 bits per heavy atom. The monoisotopic (exact) mass is 496 g/mol. The average Bonchev–Trinajstić information content (AvgIpc) is 3.51. The van der Waals surface area contributed by atoms with Gasteiger partial charge in [-0.15, -0.1) is 0 Å². The van der Waals surface area contributed by atoms with Gasteiger partial charge in [-0.05, 0) is 52.8 Å². The molecule has 0 spiro atoms. The summed E-state index contributed by atoms with van der Waals surface area (Å²) in [5.41, 5.74) is 10.2. The van der Waals surface area contributed by atoms with Crippen molar-refractivity contribution in [1.29, 1.82) is 0 Å². The fraction of sp³-hybridized carbons (Fsp3) is 0.406. The zero-order valence-electron chi connectivity index (χ0n) is 21.6. The van der Waals surface area contributed by atoms with Crippen molar-refractivity contribution in [1.82, 2.24) is 8.75 Å². The summed E-state index contributed by atoms with van der Waals surface area (Å²) in [6, 6.07) is 20.0. The highest BCUT2D eigenvalue weighted by Gasteiger charge is 2.42. The minimum absolute atomic E-state index is 0.0611. The number of hydrogen-bond acceptors (Lipinski definition) is 4. The molecule has 3 nitrogen and oxygen atoms in total. The lowest BCUT2D eigenvalue weighted by Gasteiger charge is -2.33. The molecule has 0 N–H and O–H groups in total. The maximum Gasteiger partial charge on any atom is 0.152 e. The molecular weight excluding hydrogens is 460 g/mol.